The number of carbonyl (C=O) groups excluding carboxylic acids is 7. The molecule has 0 aliphatic carbocycles. The van der Waals surface area contributed by atoms with Crippen LogP contribution in [-0.2, 0) is 28.8 Å². The van der Waals surface area contributed by atoms with E-state index >= 15 is 0 Å². The van der Waals surface area contributed by atoms with Crippen molar-refractivity contribution in [3.05, 3.63) is 0 Å². The number of nitrogens with two attached hydrogens (primary N) is 5. The molecule has 2 saturated heterocycles. The Labute approximate surface area is 394 Å². The van der Waals surface area contributed by atoms with E-state index in [4.69, 9.17) is 50.3 Å². The Balaban J connectivity index is 2.10. The van der Waals surface area contributed by atoms with Gasteiger partial charge in [0.1, 0.15) is 24.2 Å². The van der Waals surface area contributed by atoms with Crippen molar-refractivity contribution in [1.82, 2.24) is 58.5 Å². The summed E-state index contributed by atoms with van der Waals surface area (Å²) in [5.74, 6) is -4.46. The summed E-state index contributed by atoms with van der Waals surface area (Å²) in [7, 11) is 0. The average Bonchev–Trinajstić information content (AvgIpc) is 3.81. The van der Waals surface area contributed by atoms with Crippen LogP contribution in [0.15, 0.2) is 0 Å². The van der Waals surface area contributed by atoms with Gasteiger partial charge in [0.25, 0.3) is 0 Å². The number of hydrogen-bond donors (Lipinski definition) is 20. The van der Waals surface area contributed by atoms with E-state index < -0.39 is 65.5 Å². The van der Waals surface area contributed by atoms with Crippen molar-refractivity contribution < 1.29 is 33.6 Å². The lowest BCUT2D eigenvalue weighted by Gasteiger charge is -2.25. The van der Waals surface area contributed by atoms with Crippen LogP contribution in [0.2, 0.25) is 0 Å². The molecule has 378 valence electrons. The summed E-state index contributed by atoms with van der Waals surface area (Å²) >= 11 is 1.77. The van der Waals surface area contributed by atoms with Gasteiger partial charge in [-0.05, 0) is 70.6 Å². The molecule has 27 nitrogen and oxygen atoms in total. The molecular formula is C39H74N20O7S. The van der Waals surface area contributed by atoms with Crippen LogP contribution in [0.25, 0.3) is 0 Å². The maximum atomic E-state index is 13.9. The Kier molecular flexibility index (Phi) is 25.9. The summed E-state index contributed by atoms with van der Waals surface area (Å²) in [6, 6.07) is -4.73. The predicted molar refractivity (Wildman–Crippen MR) is 254 cm³/mol. The van der Waals surface area contributed by atoms with Crippen molar-refractivity contribution in [2.75, 3.05) is 38.5 Å². The van der Waals surface area contributed by atoms with Crippen molar-refractivity contribution in [3.8, 4) is 0 Å². The van der Waals surface area contributed by atoms with E-state index in [0.29, 0.717) is 45.1 Å². The van der Waals surface area contributed by atoms with Crippen molar-refractivity contribution in [1.29, 1.82) is 21.6 Å². The van der Waals surface area contributed by atoms with Gasteiger partial charge in [-0.2, -0.15) is 11.8 Å². The van der Waals surface area contributed by atoms with Crippen LogP contribution in [-0.4, -0.2) is 145 Å². The Hall–Kier alpha value is -6.48. The summed E-state index contributed by atoms with van der Waals surface area (Å²) in [4.78, 5) is 91.7. The predicted octanol–water partition coefficient (Wildman–Crippen LogP) is -4.67. The highest BCUT2D eigenvalue weighted by molar-refractivity contribution is 8.00. The van der Waals surface area contributed by atoms with Gasteiger partial charge < -0.3 is 87.2 Å². The number of hydrogen-bond acceptors (Lipinski definition) is 12. The third-order valence-corrected chi connectivity index (χ3v) is 12.4. The topological polar surface area (TPSA) is 477 Å². The highest BCUT2D eigenvalue weighted by Crippen LogP contribution is 2.33. The second-order valence-corrected chi connectivity index (χ2v) is 17.8. The number of nitrogens with one attached hydrogen (secondary N) is 15. The number of thioether (sulfide) groups is 1. The third-order valence-electron chi connectivity index (χ3n) is 10.9. The van der Waals surface area contributed by atoms with Gasteiger partial charge in [0, 0.05) is 56.1 Å². The fourth-order valence-electron chi connectivity index (χ4n) is 7.30. The van der Waals surface area contributed by atoms with Gasteiger partial charge in [0.15, 0.2) is 23.8 Å². The number of guanidine groups is 4. The van der Waals surface area contributed by atoms with Crippen molar-refractivity contribution in [2.24, 2.45) is 34.6 Å². The highest BCUT2D eigenvalue weighted by Gasteiger charge is 2.42. The molecule has 0 saturated carbocycles. The average molecular weight is 967 g/mol. The van der Waals surface area contributed by atoms with Crippen molar-refractivity contribution in [2.45, 2.75) is 132 Å². The van der Waals surface area contributed by atoms with Gasteiger partial charge in [-0.3, -0.25) is 50.4 Å². The molecule has 2 heterocycles. The zero-order valence-corrected chi connectivity index (χ0v) is 39.0. The largest absolute Gasteiger partial charge is 0.370 e. The monoisotopic (exact) mass is 967 g/mol. The number of urea groups is 1. The van der Waals surface area contributed by atoms with E-state index in [9.17, 15) is 33.6 Å². The summed E-state index contributed by atoms with van der Waals surface area (Å²) in [5, 5.41) is 59.7. The van der Waals surface area contributed by atoms with E-state index in [2.05, 4.69) is 58.5 Å². The smallest absolute Gasteiger partial charge is 0.315 e. The minimum absolute atomic E-state index is 0.00909. The molecule has 67 heavy (non-hydrogen) atoms. The molecule has 0 aromatic rings. The van der Waals surface area contributed by atoms with Crippen molar-refractivity contribution in [3.63, 3.8) is 0 Å². The van der Waals surface area contributed by atoms with Gasteiger partial charge in [-0.25, -0.2) is 4.79 Å². The molecule has 0 aromatic heterocycles. The molecule has 8 atom stereocenters. The van der Waals surface area contributed by atoms with E-state index in [1.54, 1.807) is 18.7 Å². The Bertz CT molecular complexity index is 1720. The zero-order chi connectivity index (χ0) is 49.9. The minimum Gasteiger partial charge on any atom is -0.370 e. The quantitative estimate of drug-likeness (QED) is 0.0127. The molecule has 0 spiro atoms. The fourth-order valence-corrected chi connectivity index (χ4v) is 8.85. The van der Waals surface area contributed by atoms with E-state index in [0.717, 1.165) is 12.2 Å². The number of primary amides is 1. The zero-order valence-electron chi connectivity index (χ0n) is 38.2. The van der Waals surface area contributed by atoms with Crippen LogP contribution in [0, 0.1) is 27.6 Å². The molecule has 8 amide bonds. The van der Waals surface area contributed by atoms with Crippen LogP contribution in [0.5, 0.6) is 0 Å². The van der Waals surface area contributed by atoms with Crippen LogP contribution in [0.3, 0.4) is 0 Å². The molecule has 2 rings (SSSR count). The van der Waals surface area contributed by atoms with Gasteiger partial charge in [-0.1, -0.05) is 13.3 Å². The maximum Gasteiger partial charge on any atom is 0.315 e. The Morgan fingerprint density at radius 2 is 1.03 bits per heavy atom. The van der Waals surface area contributed by atoms with E-state index in [-0.39, 0.29) is 112 Å². The Morgan fingerprint density at radius 1 is 0.567 bits per heavy atom. The molecule has 5 unspecified atom stereocenters. The molecule has 28 heteroatoms. The van der Waals surface area contributed by atoms with Crippen molar-refractivity contribution >= 4 is 77.1 Å². The van der Waals surface area contributed by atoms with Gasteiger partial charge in [0.2, 0.25) is 35.4 Å². The van der Waals surface area contributed by atoms with Crippen LogP contribution in [0.4, 0.5) is 4.79 Å². The summed E-state index contributed by atoms with van der Waals surface area (Å²) in [5.41, 5.74) is 27.2. The van der Waals surface area contributed by atoms with E-state index in [1.165, 1.54) is 0 Å². The molecule has 2 aliphatic rings. The highest BCUT2D eigenvalue weighted by atomic mass is 32.2. The standard InChI is InChI=1S/C39H74N20O7S/c1-21(8-4-15-50-35(41)42)31(62)56-23(9-5-16-51-36(43)44)32(63)49-19-14-22(30(40)61)55-34(65)25(11-7-18-53-38(47)48)57-33(64)24(10-6-17-52-37(45)46)54-28(60)13-3-2-12-27-29-26(20-67-27)58-39(66)59-29/h21-27,29H,2-20H2,1H3,(H2,40,61)(H,49,63)(H,54,60)(H,55,65)(H,56,62)(H,57,64)(H4,41,42,50)(H4,43,44,51)(H4,45,46,52)(H4,47,48,53)(H2,58,59,66)/t21?,22?,23?,24?,25?,26-,27-,29-/m0/s1. The van der Waals surface area contributed by atoms with Gasteiger partial charge >= 0.3 is 6.03 Å². The fraction of sp³-hybridized carbons (Fsp3) is 0.718. The number of unbranched alkanes of at least 4 members (excludes halogenated alkanes) is 1. The number of amides is 8. The number of rotatable bonds is 33. The van der Waals surface area contributed by atoms with Crippen LogP contribution in [0.1, 0.15) is 90.4 Å². The second-order valence-electron chi connectivity index (χ2n) is 16.5. The molecular weight excluding hydrogens is 893 g/mol. The first-order valence-electron chi connectivity index (χ1n) is 22.5. The third kappa shape index (κ3) is 23.5. The Morgan fingerprint density at radius 3 is 1.54 bits per heavy atom. The summed E-state index contributed by atoms with van der Waals surface area (Å²) < 4.78 is 0. The molecule has 0 radical (unpaired) electrons. The first kappa shape index (κ1) is 56.6. The second kappa shape index (κ2) is 30.7. The lowest BCUT2D eigenvalue weighted by Crippen LogP contribution is -2.57. The normalized spacial score (nSPS) is 18.1. The molecule has 2 aliphatic heterocycles. The summed E-state index contributed by atoms with van der Waals surface area (Å²) in [6.45, 7) is 2.57. The molecule has 0 bridgehead atoms. The van der Waals surface area contributed by atoms with E-state index in [1.807, 2.05) is 0 Å². The summed E-state index contributed by atoms with van der Waals surface area (Å²) in [6.07, 6.45) is 4.15. The first-order valence-corrected chi connectivity index (χ1v) is 23.6. The number of carbonyl (C=O) groups is 7. The van der Waals surface area contributed by atoms with Crippen LogP contribution >= 0.6 is 11.8 Å². The lowest BCUT2D eigenvalue weighted by molar-refractivity contribution is -0.133. The SMILES string of the molecule is CC(CCCNC(=N)N)C(=O)NC(CCCNC(=N)N)C(=O)NCCC(NC(=O)C(CCCNC(=N)N)NC(=O)C(CCCNC(=N)N)NC(=O)CCCC[C@@H]1SC[C@@H]2NC(=O)N[C@@H]21)C(N)=O. The molecule has 2 fully saturated rings. The molecule has 0 aromatic carbocycles. The number of fused-ring (bicyclic) bond motifs is 1. The lowest BCUT2D eigenvalue weighted by atomic mass is 10.0. The van der Waals surface area contributed by atoms with Gasteiger partial charge in [0.05, 0.1) is 12.1 Å². The molecule has 25 N–H and O–H groups in total. The van der Waals surface area contributed by atoms with Crippen LogP contribution < -0.4 is 87.2 Å². The first-order chi connectivity index (χ1) is 31.8. The maximum absolute atomic E-state index is 13.9. The van der Waals surface area contributed by atoms with Gasteiger partial charge in [-0.15, -0.1) is 0 Å². The minimum atomic E-state index is -1.32.